The molecule has 1 rings (SSSR count). The van der Waals surface area contributed by atoms with E-state index in [4.69, 9.17) is 4.74 Å². The van der Waals surface area contributed by atoms with Crippen LogP contribution in [0.4, 0.5) is 5.69 Å². The van der Waals surface area contributed by atoms with Crippen molar-refractivity contribution in [2.24, 2.45) is 0 Å². The molecule has 1 aromatic carbocycles. The molecule has 0 aliphatic carbocycles. The normalized spacial score (nSPS) is 9.88. The van der Waals surface area contributed by atoms with Crippen molar-refractivity contribution in [3.8, 4) is 5.75 Å². The number of carbonyl (C=O) groups is 1. The second-order valence-corrected chi connectivity index (χ2v) is 3.35. The zero-order chi connectivity index (χ0) is 11.8. The minimum Gasteiger partial charge on any atom is -0.495 e. The van der Waals surface area contributed by atoms with Gasteiger partial charge in [-0.05, 0) is 18.7 Å². The number of carbonyl (C=O) groups excluding carboxylic acids is 1. The fourth-order valence-electron chi connectivity index (χ4n) is 1.34. The summed E-state index contributed by atoms with van der Waals surface area (Å²) in [5.74, 6) is 0.671. The first-order chi connectivity index (χ1) is 7.77. The van der Waals surface area contributed by atoms with Crippen LogP contribution >= 0.6 is 0 Å². The molecule has 0 heterocycles. The number of rotatable bonds is 6. The van der Waals surface area contributed by atoms with E-state index in [0.717, 1.165) is 6.54 Å². The summed E-state index contributed by atoms with van der Waals surface area (Å²) in [6, 6.07) is 7.37. The molecule has 0 spiro atoms. The molecule has 88 valence electrons. The van der Waals surface area contributed by atoms with E-state index in [1.54, 1.807) is 7.11 Å². The molecule has 0 aliphatic rings. The van der Waals surface area contributed by atoms with Gasteiger partial charge in [0.25, 0.3) is 0 Å². The smallest absolute Gasteiger partial charge is 0.225 e. The molecule has 1 amide bonds. The lowest BCUT2D eigenvalue weighted by Crippen LogP contribution is -2.21. The third-order valence-electron chi connectivity index (χ3n) is 2.16. The maximum Gasteiger partial charge on any atom is 0.225 e. The minimum absolute atomic E-state index is 0.00884. The molecular formula is C12H18N2O2. The first-order valence-electron chi connectivity index (χ1n) is 5.41. The van der Waals surface area contributed by atoms with Gasteiger partial charge >= 0.3 is 0 Å². The number of hydrogen-bond donors (Lipinski definition) is 2. The lowest BCUT2D eigenvalue weighted by molar-refractivity contribution is -0.116. The van der Waals surface area contributed by atoms with Crippen LogP contribution in [0.25, 0.3) is 0 Å². The van der Waals surface area contributed by atoms with Crippen molar-refractivity contribution in [2.75, 3.05) is 25.5 Å². The second kappa shape index (κ2) is 6.85. The highest BCUT2D eigenvalue weighted by atomic mass is 16.5. The van der Waals surface area contributed by atoms with E-state index in [0.29, 0.717) is 24.4 Å². The van der Waals surface area contributed by atoms with E-state index in [-0.39, 0.29) is 5.91 Å². The maximum atomic E-state index is 11.5. The van der Waals surface area contributed by atoms with Crippen LogP contribution in [-0.2, 0) is 4.79 Å². The molecule has 0 saturated carbocycles. The zero-order valence-electron chi connectivity index (χ0n) is 9.75. The van der Waals surface area contributed by atoms with Gasteiger partial charge in [-0.25, -0.2) is 0 Å². The summed E-state index contributed by atoms with van der Waals surface area (Å²) < 4.78 is 5.14. The molecule has 0 radical (unpaired) electrons. The Labute approximate surface area is 96.0 Å². The van der Waals surface area contributed by atoms with Gasteiger partial charge in [0.05, 0.1) is 12.8 Å². The minimum atomic E-state index is -0.00884. The topological polar surface area (TPSA) is 50.4 Å². The number of para-hydroxylation sites is 2. The molecule has 2 N–H and O–H groups in total. The Balaban J connectivity index is 2.49. The van der Waals surface area contributed by atoms with Gasteiger partial charge in [-0.2, -0.15) is 0 Å². The van der Waals surface area contributed by atoms with Gasteiger partial charge in [0, 0.05) is 13.0 Å². The average Bonchev–Trinajstić information content (AvgIpc) is 2.30. The maximum absolute atomic E-state index is 11.5. The second-order valence-electron chi connectivity index (χ2n) is 3.35. The largest absolute Gasteiger partial charge is 0.495 e. The molecule has 4 nitrogen and oxygen atoms in total. The lowest BCUT2D eigenvalue weighted by atomic mass is 10.3. The highest BCUT2D eigenvalue weighted by Crippen LogP contribution is 2.22. The fourth-order valence-corrected chi connectivity index (χ4v) is 1.34. The number of anilines is 1. The van der Waals surface area contributed by atoms with Crippen molar-refractivity contribution in [1.29, 1.82) is 0 Å². The van der Waals surface area contributed by atoms with Crippen LogP contribution in [0, 0.1) is 0 Å². The van der Waals surface area contributed by atoms with Gasteiger partial charge < -0.3 is 15.4 Å². The Morgan fingerprint density at radius 2 is 2.12 bits per heavy atom. The van der Waals surface area contributed by atoms with Crippen LogP contribution in [-0.4, -0.2) is 26.1 Å². The van der Waals surface area contributed by atoms with Crippen molar-refractivity contribution in [1.82, 2.24) is 5.32 Å². The van der Waals surface area contributed by atoms with Crippen molar-refractivity contribution in [3.05, 3.63) is 24.3 Å². The molecular weight excluding hydrogens is 204 g/mol. The Morgan fingerprint density at radius 1 is 1.38 bits per heavy atom. The molecule has 4 heteroatoms. The van der Waals surface area contributed by atoms with E-state index in [1.165, 1.54) is 0 Å². The van der Waals surface area contributed by atoms with Crippen LogP contribution in [0.5, 0.6) is 5.75 Å². The quantitative estimate of drug-likeness (QED) is 0.719. The zero-order valence-corrected chi connectivity index (χ0v) is 9.75. The molecule has 0 atom stereocenters. The van der Waals surface area contributed by atoms with E-state index >= 15 is 0 Å². The number of ether oxygens (including phenoxy) is 1. The standard InChI is InChI=1S/C12H18N2O2/c1-3-13-9-8-12(15)14-10-6-4-5-7-11(10)16-2/h4-7,13H,3,8-9H2,1-2H3,(H,14,15). The van der Waals surface area contributed by atoms with E-state index in [1.807, 2.05) is 31.2 Å². The summed E-state index contributed by atoms with van der Waals surface area (Å²) >= 11 is 0. The molecule has 16 heavy (non-hydrogen) atoms. The van der Waals surface area contributed by atoms with Crippen LogP contribution < -0.4 is 15.4 Å². The first-order valence-corrected chi connectivity index (χ1v) is 5.41. The van der Waals surface area contributed by atoms with E-state index < -0.39 is 0 Å². The van der Waals surface area contributed by atoms with Crippen molar-refractivity contribution in [2.45, 2.75) is 13.3 Å². The van der Waals surface area contributed by atoms with Crippen molar-refractivity contribution >= 4 is 11.6 Å². The number of benzene rings is 1. The Hall–Kier alpha value is -1.55. The van der Waals surface area contributed by atoms with Crippen LogP contribution in [0.1, 0.15) is 13.3 Å². The molecule has 0 aliphatic heterocycles. The van der Waals surface area contributed by atoms with Gasteiger partial charge in [-0.1, -0.05) is 19.1 Å². The van der Waals surface area contributed by atoms with Crippen LogP contribution in [0.3, 0.4) is 0 Å². The molecule has 0 aromatic heterocycles. The highest BCUT2D eigenvalue weighted by Gasteiger charge is 2.05. The summed E-state index contributed by atoms with van der Waals surface area (Å²) in [4.78, 5) is 11.5. The summed E-state index contributed by atoms with van der Waals surface area (Å²) in [7, 11) is 1.59. The number of methoxy groups -OCH3 is 1. The van der Waals surface area contributed by atoms with Gasteiger partial charge in [0.2, 0.25) is 5.91 Å². The number of nitrogens with one attached hydrogen (secondary N) is 2. The number of hydrogen-bond acceptors (Lipinski definition) is 3. The Bertz CT molecular complexity index is 340. The molecule has 0 saturated heterocycles. The summed E-state index contributed by atoms with van der Waals surface area (Å²) in [6.45, 7) is 3.58. The Kier molecular flexibility index (Phi) is 5.36. The number of amides is 1. The van der Waals surface area contributed by atoms with Crippen molar-refractivity contribution < 1.29 is 9.53 Å². The molecule has 0 bridgehead atoms. The SMILES string of the molecule is CCNCCC(=O)Nc1ccccc1OC. The van der Waals surface area contributed by atoms with Gasteiger partial charge in [0.15, 0.2) is 0 Å². The monoisotopic (exact) mass is 222 g/mol. The lowest BCUT2D eigenvalue weighted by Gasteiger charge is -2.09. The summed E-state index contributed by atoms with van der Waals surface area (Å²) in [5.41, 5.74) is 0.714. The van der Waals surface area contributed by atoms with Gasteiger partial charge in [-0.15, -0.1) is 0 Å². The van der Waals surface area contributed by atoms with Crippen LogP contribution in [0.2, 0.25) is 0 Å². The Morgan fingerprint density at radius 3 is 2.81 bits per heavy atom. The summed E-state index contributed by atoms with van der Waals surface area (Å²) in [6.07, 6.45) is 0.464. The predicted octanol–water partition coefficient (Wildman–Crippen LogP) is 1.63. The van der Waals surface area contributed by atoms with Crippen LogP contribution in [0.15, 0.2) is 24.3 Å². The van der Waals surface area contributed by atoms with Gasteiger partial charge in [0.1, 0.15) is 5.75 Å². The van der Waals surface area contributed by atoms with Crippen molar-refractivity contribution in [3.63, 3.8) is 0 Å². The third-order valence-corrected chi connectivity index (χ3v) is 2.16. The molecule has 0 unspecified atom stereocenters. The molecule has 0 fully saturated rings. The predicted molar refractivity (Wildman–Crippen MR) is 64.8 cm³/mol. The van der Waals surface area contributed by atoms with E-state index in [9.17, 15) is 4.79 Å². The third kappa shape index (κ3) is 3.90. The first kappa shape index (κ1) is 12.5. The highest BCUT2D eigenvalue weighted by molar-refractivity contribution is 5.92. The molecule has 1 aromatic rings. The summed E-state index contributed by atoms with van der Waals surface area (Å²) in [5, 5.41) is 5.92. The fraction of sp³-hybridized carbons (Fsp3) is 0.417. The van der Waals surface area contributed by atoms with Gasteiger partial charge in [-0.3, -0.25) is 4.79 Å². The average molecular weight is 222 g/mol. The van der Waals surface area contributed by atoms with E-state index in [2.05, 4.69) is 10.6 Å².